The van der Waals surface area contributed by atoms with E-state index >= 15 is 0 Å². The number of hydrogen-bond donors (Lipinski definition) is 4. The van der Waals surface area contributed by atoms with Crippen molar-refractivity contribution in [3.63, 3.8) is 0 Å². The Kier molecular flexibility index (Phi) is 9.76. The number of carbonyl (C=O) groups is 4. The molecule has 3 aromatic rings. The molecule has 4 N–H and O–H groups in total. The summed E-state index contributed by atoms with van der Waals surface area (Å²) in [7, 11) is 0. The zero-order valence-corrected chi connectivity index (χ0v) is 24.7. The first-order valence-electron chi connectivity index (χ1n) is 14.6. The lowest BCUT2D eigenvalue weighted by molar-refractivity contribution is -0.189. The molecule has 0 radical (unpaired) electrons. The number of hydrazine groups is 1. The van der Waals surface area contributed by atoms with Crippen LogP contribution < -0.4 is 10.6 Å². The number of nitrogens with zero attached hydrogens (tertiary/aromatic N) is 4. The summed E-state index contributed by atoms with van der Waals surface area (Å²) in [5, 5.41) is 27.4. The summed E-state index contributed by atoms with van der Waals surface area (Å²) >= 11 is 0. The Morgan fingerprint density at radius 3 is 2.38 bits per heavy atom. The van der Waals surface area contributed by atoms with Gasteiger partial charge in [-0.05, 0) is 41.0 Å². The van der Waals surface area contributed by atoms with Gasteiger partial charge in [-0.15, -0.1) is 6.58 Å². The number of phenols is 1. The topological polar surface area (TPSA) is 146 Å². The number of amides is 5. The lowest BCUT2D eigenvalue weighted by Gasteiger charge is -2.55. The highest BCUT2D eigenvalue weighted by molar-refractivity contribution is 5.94. The average Bonchev–Trinajstić information content (AvgIpc) is 3.04. The van der Waals surface area contributed by atoms with E-state index in [1.54, 1.807) is 52.4 Å². The van der Waals surface area contributed by atoms with E-state index in [1.165, 1.54) is 22.0 Å². The number of urea groups is 1. The van der Waals surface area contributed by atoms with Crippen molar-refractivity contribution in [2.75, 3.05) is 26.4 Å². The molecule has 45 heavy (non-hydrogen) atoms. The Morgan fingerprint density at radius 1 is 0.933 bits per heavy atom. The second-order valence-electron chi connectivity index (χ2n) is 10.9. The molecule has 2 heterocycles. The maximum Gasteiger partial charge on any atom is 0.334 e. The van der Waals surface area contributed by atoms with E-state index in [4.69, 9.17) is 5.11 Å². The van der Waals surface area contributed by atoms with Crippen LogP contribution in [0.1, 0.15) is 27.0 Å². The van der Waals surface area contributed by atoms with Crippen molar-refractivity contribution in [2.24, 2.45) is 0 Å². The third-order valence-corrected chi connectivity index (χ3v) is 7.83. The number of fused-ring (bicyclic) bond motifs is 1. The second-order valence-corrected chi connectivity index (χ2v) is 10.9. The molecule has 3 aromatic carbocycles. The fraction of sp³-hybridized carbons (Fsp3) is 0.273. The van der Waals surface area contributed by atoms with Crippen molar-refractivity contribution in [2.45, 2.75) is 31.7 Å². The van der Waals surface area contributed by atoms with Gasteiger partial charge >= 0.3 is 6.03 Å². The highest BCUT2D eigenvalue weighted by Crippen LogP contribution is 2.29. The molecule has 12 heteroatoms. The molecule has 0 bridgehead atoms. The minimum atomic E-state index is -0.933. The van der Waals surface area contributed by atoms with Crippen LogP contribution in [0.25, 0.3) is 0 Å². The van der Waals surface area contributed by atoms with Gasteiger partial charge in [0.25, 0.3) is 5.91 Å². The number of phenolic OH excluding ortho intramolecular Hbond substituents is 1. The monoisotopic (exact) mass is 612 g/mol. The lowest BCUT2D eigenvalue weighted by Crippen LogP contribution is -2.76. The summed E-state index contributed by atoms with van der Waals surface area (Å²) < 4.78 is 0. The number of piperazine rings is 1. The first-order valence-corrected chi connectivity index (χ1v) is 14.6. The molecule has 0 saturated carbocycles. The highest BCUT2D eigenvalue weighted by atomic mass is 16.3. The molecular formula is C33H36N6O6. The molecule has 0 unspecified atom stereocenters. The van der Waals surface area contributed by atoms with Gasteiger partial charge in [0.2, 0.25) is 11.8 Å². The van der Waals surface area contributed by atoms with Crippen LogP contribution in [-0.4, -0.2) is 92.4 Å². The number of hydrogen-bond acceptors (Lipinski definition) is 7. The summed E-state index contributed by atoms with van der Waals surface area (Å²) in [6.07, 6.45) is 0.948. The maximum atomic E-state index is 14.1. The van der Waals surface area contributed by atoms with Gasteiger partial charge < -0.3 is 30.6 Å². The van der Waals surface area contributed by atoms with E-state index in [-0.39, 0.29) is 56.7 Å². The van der Waals surface area contributed by atoms with Gasteiger partial charge in [0, 0.05) is 31.6 Å². The van der Waals surface area contributed by atoms with Crippen molar-refractivity contribution >= 4 is 23.8 Å². The molecule has 0 spiro atoms. The first-order chi connectivity index (χ1) is 21.8. The van der Waals surface area contributed by atoms with Crippen LogP contribution in [-0.2, 0) is 29.1 Å². The minimum Gasteiger partial charge on any atom is -0.508 e. The summed E-state index contributed by atoms with van der Waals surface area (Å²) in [4.78, 5) is 57.2. The van der Waals surface area contributed by atoms with Crippen molar-refractivity contribution in [3.05, 3.63) is 114 Å². The van der Waals surface area contributed by atoms with Crippen LogP contribution in [0.3, 0.4) is 0 Å². The Labute approximate surface area is 261 Å². The fourth-order valence-corrected chi connectivity index (χ4v) is 5.76. The van der Waals surface area contributed by atoms with Crippen LogP contribution in [0.4, 0.5) is 4.79 Å². The molecule has 234 valence electrons. The molecule has 2 atom stereocenters. The van der Waals surface area contributed by atoms with E-state index < -0.39 is 30.9 Å². The van der Waals surface area contributed by atoms with Gasteiger partial charge in [-0.3, -0.25) is 14.4 Å². The molecule has 5 rings (SSSR count). The van der Waals surface area contributed by atoms with Gasteiger partial charge in [0.15, 0.2) is 0 Å². The largest absolute Gasteiger partial charge is 0.508 e. The van der Waals surface area contributed by atoms with Crippen LogP contribution in [0.15, 0.2) is 91.5 Å². The van der Waals surface area contributed by atoms with Gasteiger partial charge in [0.1, 0.15) is 24.7 Å². The molecule has 2 aliphatic heterocycles. The third kappa shape index (κ3) is 7.14. The van der Waals surface area contributed by atoms with Crippen LogP contribution >= 0.6 is 0 Å². The summed E-state index contributed by atoms with van der Waals surface area (Å²) in [6.45, 7) is 3.81. The zero-order chi connectivity index (χ0) is 31.9. The van der Waals surface area contributed by atoms with Crippen molar-refractivity contribution in [1.29, 1.82) is 0 Å². The van der Waals surface area contributed by atoms with Gasteiger partial charge in [0.05, 0.1) is 13.1 Å². The fourth-order valence-electron chi connectivity index (χ4n) is 5.76. The quantitative estimate of drug-likeness (QED) is 0.202. The Hall–Kier alpha value is -5.20. The predicted molar refractivity (Wildman–Crippen MR) is 165 cm³/mol. The van der Waals surface area contributed by atoms with Crippen molar-refractivity contribution in [3.8, 4) is 5.75 Å². The Morgan fingerprint density at radius 2 is 1.67 bits per heavy atom. The molecule has 0 aliphatic carbocycles. The van der Waals surface area contributed by atoms with Gasteiger partial charge in [-0.2, -0.15) is 0 Å². The molecule has 2 aliphatic rings. The van der Waals surface area contributed by atoms with Crippen LogP contribution in [0, 0.1) is 0 Å². The first kappa shape index (κ1) is 31.2. The number of rotatable bonds is 10. The SMILES string of the molecule is C=CCN1CC(=O)N2[C@@H](Cc3ccc(O)cc3)C(=O)N(Cc3cccc(C(=O)NCO)c3)C[C@@H]2N1C(=O)NCc1ccccc1. The summed E-state index contributed by atoms with van der Waals surface area (Å²) in [5.74, 6) is -0.985. The molecule has 0 aromatic heterocycles. The van der Waals surface area contributed by atoms with Gasteiger partial charge in [-0.1, -0.05) is 60.7 Å². The third-order valence-electron chi connectivity index (χ3n) is 7.83. The predicted octanol–water partition coefficient (Wildman–Crippen LogP) is 1.81. The standard InChI is InChI=1S/C33H36N6O6/c1-2-15-37-21-30(42)38-28(17-23-11-13-27(41)14-12-23)32(44)36(19-25-9-6-10-26(16-25)31(43)35-22-40)20-29(38)39(37)33(45)34-18-24-7-4-3-5-8-24/h2-14,16,28-29,40-41H,1,15,17-22H2,(H,34,45)(H,35,43)/t28-,29-/m0/s1. The number of aliphatic hydroxyl groups excluding tert-OH is 1. The Balaban J connectivity index is 1.49. The van der Waals surface area contributed by atoms with Crippen LogP contribution in [0.5, 0.6) is 5.75 Å². The van der Waals surface area contributed by atoms with E-state index in [2.05, 4.69) is 17.2 Å². The smallest absolute Gasteiger partial charge is 0.334 e. The van der Waals surface area contributed by atoms with E-state index in [0.29, 0.717) is 11.1 Å². The molecule has 12 nitrogen and oxygen atoms in total. The van der Waals surface area contributed by atoms with Crippen molar-refractivity contribution in [1.82, 2.24) is 30.5 Å². The van der Waals surface area contributed by atoms with E-state index in [1.807, 2.05) is 30.3 Å². The number of nitrogens with one attached hydrogen (secondary N) is 2. The summed E-state index contributed by atoms with van der Waals surface area (Å²) in [6, 6.07) is 21.2. The average molecular weight is 613 g/mol. The zero-order valence-electron chi connectivity index (χ0n) is 24.7. The maximum absolute atomic E-state index is 14.1. The van der Waals surface area contributed by atoms with Crippen molar-refractivity contribution < 1.29 is 29.4 Å². The van der Waals surface area contributed by atoms with E-state index in [0.717, 1.165) is 11.1 Å². The molecular weight excluding hydrogens is 576 g/mol. The van der Waals surface area contributed by atoms with E-state index in [9.17, 15) is 24.3 Å². The van der Waals surface area contributed by atoms with Gasteiger partial charge in [-0.25, -0.2) is 14.8 Å². The second kappa shape index (κ2) is 14.1. The highest BCUT2D eigenvalue weighted by Gasteiger charge is 2.51. The Bertz CT molecular complexity index is 1550. The lowest BCUT2D eigenvalue weighted by atomic mass is 9.98. The molecule has 2 saturated heterocycles. The number of benzene rings is 3. The number of aliphatic hydroxyl groups is 1. The van der Waals surface area contributed by atoms with Crippen LogP contribution in [0.2, 0.25) is 0 Å². The molecule has 5 amide bonds. The number of aromatic hydroxyl groups is 1. The molecule has 2 fully saturated rings. The number of carbonyl (C=O) groups excluding carboxylic acids is 4. The normalized spacial score (nSPS) is 18.4. The minimum absolute atomic E-state index is 0.0239. The summed E-state index contributed by atoms with van der Waals surface area (Å²) in [5.41, 5.74) is 2.62.